The summed E-state index contributed by atoms with van der Waals surface area (Å²) in [5.41, 5.74) is 7.28. The van der Waals surface area contributed by atoms with Crippen molar-refractivity contribution in [2.45, 2.75) is 38.6 Å². The first-order valence-corrected chi connectivity index (χ1v) is 8.50. The molecule has 0 spiro atoms. The molecule has 0 aliphatic rings. The van der Waals surface area contributed by atoms with Gasteiger partial charge in [0.15, 0.2) is 6.10 Å². The molecule has 0 aliphatic carbocycles. The van der Waals surface area contributed by atoms with E-state index in [1.54, 1.807) is 6.07 Å². The first-order chi connectivity index (χ1) is 13.0. The minimum atomic E-state index is -4.52. The molecule has 28 heavy (non-hydrogen) atoms. The van der Waals surface area contributed by atoms with Gasteiger partial charge in [-0.1, -0.05) is 30.3 Å². The van der Waals surface area contributed by atoms with Gasteiger partial charge in [0.2, 0.25) is 5.91 Å². The van der Waals surface area contributed by atoms with Gasteiger partial charge in [0, 0.05) is 6.42 Å². The monoisotopic (exact) mass is 394 g/mol. The predicted molar refractivity (Wildman–Crippen MR) is 97.1 cm³/mol. The van der Waals surface area contributed by atoms with E-state index in [0.717, 1.165) is 41.0 Å². The maximum atomic E-state index is 12.6. The van der Waals surface area contributed by atoms with E-state index in [2.05, 4.69) is 5.32 Å². The van der Waals surface area contributed by atoms with Gasteiger partial charge >= 0.3 is 6.18 Å². The van der Waals surface area contributed by atoms with Gasteiger partial charge in [-0.3, -0.25) is 9.59 Å². The highest BCUT2D eigenvalue weighted by molar-refractivity contribution is 5.89. The molecule has 2 amide bonds. The number of benzene rings is 2. The van der Waals surface area contributed by atoms with Crippen molar-refractivity contribution in [2.24, 2.45) is 5.73 Å². The van der Waals surface area contributed by atoms with Crippen molar-refractivity contribution in [1.29, 1.82) is 0 Å². The third-order valence-corrected chi connectivity index (χ3v) is 4.47. The number of alkyl halides is 3. The van der Waals surface area contributed by atoms with Gasteiger partial charge in [-0.15, -0.1) is 0 Å². The number of nitrogens with one attached hydrogen (secondary N) is 1. The second-order valence-electron chi connectivity index (χ2n) is 6.61. The van der Waals surface area contributed by atoms with Crippen LogP contribution in [0.4, 0.5) is 13.2 Å². The lowest BCUT2D eigenvalue weighted by molar-refractivity contribution is -0.137. The Hall–Kier alpha value is -2.87. The Morgan fingerprint density at radius 1 is 1.07 bits per heavy atom. The fraction of sp³-hybridized carbons (Fsp3) is 0.300. The molecule has 0 aromatic heterocycles. The molecule has 2 aromatic rings. The molecule has 2 rings (SSSR count). The van der Waals surface area contributed by atoms with E-state index in [1.807, 2.05) is 26.0 Å². The van der Waals surface area contributed by atoms with Crippen LogP contribution in [0.1, 0.15) is 33.9 Å². The molecule has 0 saturated heterocycles. The lowest BCUT2D eigenvalue weighted by Crippen LogP contribution is -2.47. The molecule has 2 aromatic carbocycles. The number of aliphatic hydroxyl groups excluding tert-OH is 1. The third-order valence-electron chi connectivity index (χ3n) is 4.47. The summed E-state index contributed by atoms with van der Waals surface area (Å²) in [6.45, 7) is 3.85. The Labute approximate surface area is 160 Å². The second kappa shape index (κ2) is 8.43. The molecule has 5 nitrogen and oxygen atoms in total. The van der Waals surface area contributed by atoms with Crippen LogP contribution in [0.5, 0.6) is 0 Å². The average Bonchev–Trinajstić information content (AvgIpc) is 2.62. The van der Waals surface area contributed by atoms with Crippen molar-refractivity contribution in [2.75, 3.05) is 0 Å². The summed E-state index contributed by atoms with van der Waals surface area (Å²) in [7, 11) is 0. The molecule has 0 unspecified atom stereocenters. The van der Waals surface area contributed by atoms with Crippen molar-refractivity contribution >= 4 is 11.8 Å². The van der Waals surface area contributed by atoms with Gasteiger partial charge in [0.25, 0.3) is 5.91 Å². The fourth-order valence-electron chi connectivity index (χ4n) is 2.65. The summed E-state index contributed by atoms with van der Waals surface area (Å²) in [4.78, 5) is 24.0. The topological polar surface area (TPSA) is 92.4 Å². The summed E-state index contributed by atoms with van der Waals surface area (Å²) in [6, 6.07) is 8.03. The zero-order valence-electron chi connectivity index (χ0n) is 15.4. The lowest BCUT2D eigenvalue weighted by Gasteiger charge is -2.19. The summed E-state index contributed by atoms with van der Waals surface area (Å²) < 4.78 is 37.8. The van der Waals surface area contributed by atoms with Crippen LogP contribution < -0.4 is 11.1 Å². The number of halogens is 3. The maximum Gasteiger partial charge on any atom is 0.416 e. The third kappa shape index (κ3) is 5.32. The van der Waals surface area contributed by atoms with Gasteiger partial charge < -0.3 is 16.2 Å². The van der Waals surface area contributed by atoms with Gasteiger partial charge in [-0.2, -0.15) is 13.2 Å². The Morgan fingerprint density at radius 3 is 2.18 bits per heavy atom. The largest absolute Gasteiger partial charge is 0.416 e. The van der Waals surface area contributed by atoms with Crippen LogP contribution in [0.3, 0.4) is 0 Å². The Balaban J connectivity index is 2.10. The molecule has 150 valence electrons. The number of amides is 2. The van der Waals surface area contributed by atoms with Crippen LogP contribution in [0.15, 0.2) is 42.5 Å². The first-order valence-electron chi connectivity index (χ1n) is 8.50. The Kier molecular flexibility index (Phi) is 6.45. The zero-order valence-corrected chi connectivity index (χ0v) is 15.4. The van der Waals surface area contributed by atoms with E-state index < -0.39 is 35.7 Å². The van der Waals surface area contributed by atoms with Crippen LogP contribution in [0.2, 0.25) is 0 Å². The van der Waals surface area contributed by atoms with Crippen LogP contribution in [0.25, 0.3) is 0 Å². The summed E-state index contributed by atoms with van der Waals surface area (Å²) in [5, 5.41) is 12.5. The van der Waals surface area contributed by atoms with Gasteiger partial charge in [-0.25, -0.2) is 0 Å². The van der Waals surface area contributed by atoms with Gasteiger partial charge in [0.1, 0.15) is 6.04 Å². The van der Waals surface area contributed by atoms with Crippen molar-refractivity contribution < 1.29 is 27.9 Å². The van der Waals surface area contributed by atoms with Crippen molar-refractivity contribution in [3.05, 3.63) is 70.3 Å². The van der Waals surface area contributed by atoms with Crippen molar-refractivity contribution in [3.8, 4) is 0 Å². The Bertz CT molecular complexity index is 864. The highest BCUT2D eigenvalue weighted by Crippen LogP contribution is 2.30. The molecule has 0 radical (unpaired) electrons. The van der Waals surface area contributed by atoms with E-state index in [1.165, 1.54) is 0 Å². The molecule has 0 bridgehead atoms. The number of rotatable bonds is 6. The predicted octanol–water partition coefficient (Wildman–Crippen LogP) is 2.57. The summed E-state index contributed by atoms with van der Waals surface area (Å²) >= 11 is 0. The molecular formula is C20H21F3N2O3. The molecule has 0 saturated carbocycles. The Morgan fingerprint density at radius 2 is 1.68 bits per heavy atom. The highest BCUT2D eigenvalue weighted by Gasteiger charge is 2.31. The number of hydrogen-bond acceptors (Lipinski definition) is 3. The van der Waals surface area contributed by atoms with E-state index in [9.17, 15) is 27.9 Å². The SMILES string of the molecule is Cc1ccc(C[C@H](NC(=O)[C@H](O)c2ccc(C(F)(F)F)cc2)C(N)=O)cc1C. The number of carbonyl (C=O) groups excluding carboxylic acids is 2. The van der Waals surface area contributed by atoms with E-state index in [-0.39, 0.29) is 12.0 Å². The summed E-state index contributed by atoms with van der Waals surface area (Å²) in [5.74, 6) is -1.71. The molecule has 2 atom stereocenters. The smallest absolute Gasteiger partial charge is 0.378 e. The fourth-order valence-corrected chi connectivity index (χ4v) is 2.65. The van der Waals surface area contributed by atoms with Crippen LogP contribution in [-0.4, -0.2) is 23.0 Å². The van der Waals surface area contributed by atoms with Gasteiger partial charge in [-0.05, 0) is 48.2 Å². The molecule has 0 aliphatic heterocycles. The standard InChI is InChI=1S/C20H21F3N2O3/c1-11-3-4-13(9-12(11)2)10-16(18(24)27)25-19(28)17(26)14-5-7-15(8-6-14)20(21,22)23/h3-9,16-17,26H,10H2,1-2H3,(H2,24,27)(H,25,28)/t16-,17+/m0/s1. The number of aliphatic hydroxyl groups is 1. The lowest BCUT2D eigenvalue weighted by atomic mass is 10.00. The second-order valence-corrected chi connectivity index (χ2v) is 6.61. The van der Waals surface area contributed by atoms with E-state index in [0.29, 0.717) is 0 Å². The first kappa shape index (κ1) is 21.4. The van der Waals surface area contributed by atoms with Gasteiger partial charge in [0.05, 0.1) is 5.56 Å². The molecule has 0 heterocycles. The molecular weight excluding hydrogens is 373 g/mol. The minimum Gasteiger partial charge on any atom is -0.378 e. The van der Waals surface area contributed by atoms with Crippen LogP contribution in [-0.2, 0) is 22.2 Å². The number of hydrogen-bond donors (Lipinski definition) is 3. The number of nitrogens with two attached hydrogens (primary N) is 1. The van der Waals surface area contributed by atoms with Crippen molar-refractivity contribution in [1.82, 2.24) is 5.32 Å². The van der Waals surface area contributed by atoms with Crippen LogP contribution in [0, 0.1) is 13.8 Å². The number of carbonyl (C=O) groups is 2. The molecule has 4 N–H and O–H groups in total. The number of primary amides is 1. The zero-order chi connectivity index (χ0) is 21.1. The summed E-state index contributed by atoms with van der Waals surface area (Å²) in [6.07, 6.45) is -6.12. The van der Waals surface area contributed by atoms with Crippen LogP contribution >= 0.6 is 0 Å². The quantitative estimate of drug-likeness (QED) is 0.703. The minimum absolute atomic E-state index is 0.0279. The average molecular weight is 394 g/mol. The van der Waals surface area contributed by atoms with E-state index >= 15 is 0 Å². The van der Waals surface area contributed by atoms with Crippen molar-refractivity contribution in [3.63, 3.8) is 0 Å². The maximum absolute atomic E-state index is 12.6. The molecule has 0 fully saturated rings. The number of aryl methyl sites for hydroxylation is 2. The normalized spacial score (nSPS) is 13.6. The van der Waals surface area contributed by atoms with E-state index in [4.69, 9.17) is 5.73 Å². The molecule has 8 heteroatoms. The highest BCUT2D eigenvalue weighted by atomic mass is 19.4.